The van der Waals surface area contributed by atoms with Crippen molar-refractivity contribution in [3.63, 3.8) is 0 Å². The predicted molar refractivity (Wildman–Crippen MR) is 42.5 cm³/mol. The first-order chi connectivity index (χ1) is 5.27. The Morgan fingerprint density at radius 3 is 3.18 bits per heavy atom. The molecule has 1 saturated heterocycles. The fourth-order valence-corrected chi connectivity index (χ4v) is 1.92. The summed E-state index contributed by atoms with van der Waals surface area (Å²) in [6.07, 6.45) is 3.26. The van der Waals surface area contributed by atoms with Crippen LogP contribution in [-0.4, -0.2) is 47.9 Å². The molecule has 0 aromatic heterocycles. The summed E-state index contributed by atoms with van der Waals surface area (Å²) in [7, 11) is 2.09. The first kappa shape index (κ1) is 7.28. The summed E-state index contributed by atoms with van der Waals surface area (Å²) in [6.45, 7) is 2.80. The van der Waals surface area contributed by atoms with Crippen LogP contribution in [-0.2, 0) is 0 Å². The van der Waals surface area contributed by atoms with Gasteiger partial charge in [-0.3, -0.25) is 0 Å². The molecule has 3 nitrogen and oxygen atoms in total. The first-order valence-corrected chi connectivity index (χ1v) is 4.10. The Labute approximate surface area is 66.9 Å². The standard InChI is InChI=1S/C8H14N2O/c1-9-5-7-3-2-4-10(11)8(7)6-9/h3,8,11H,2,4-6H2,1H3. The number of likely N-dealkylation sites (tertiary alicyclic amines) is 1. The fourth-order valence-electron chi connectivity index (χ4n) is 1.92. The van der Waals surface area contributed by atoms with Crippen LogP contribution in [0.3, 0.4) is 0 Å². The van der Waals surface area contributed by atoms with E-state index in [1.54, 1.807) is 0 Å². The lowest BCUT2D eigenvalue weighted by atomic mass is 10.1. The van der Waals surface area contributed by atoms with Gasteiger partial charge in [-0.15, -0.1) is 0 Å². The summed E-state index contributed by atoms with van der Waals surface area (Å²) in [5.74, 6) is 0. The summed E-state index contributed by atoms with van der Waals surface area (Å²) in [5, 5.41) is 10.9. The van der Waals surface area contributed by atoms with Gasteiger partial charge >= 0.3 is 0 Å². The second-order valence-electron chi connectivity index (χ2n) is 3.44. The quantitative estimate of drug-likeness (QED) is 0.509. The largest absolute Gasteiger partial charge is 0.313 e. The molecule has 3 heteroatoms. The molecule has 2 rings (SSSR count). The van der Waals surface area contributed by atoms with Crippen LogP contribution in [0.2, 0.25) is 0 Å². The van der Waals surface area contributed by atoms with Crippen LogP contribution in [0.15, 0.2) is 11.6 Å². The molecule has 0 saturated carbocycles. The number of hydroxylamine groups is 2. The maximum atomic E-state index is 9.46. The molecule has 0 aromatic rings. The second-order valence-corrected chi connectivity index (χ2v) is 3.44. The van der Waals surface area contributed by atoms with Crippen molar-refractivity contribution in [2.75, 3.05) is 26.7 Å². The normalized spacial score (nSPS) is 33.6. The maximum absolute atomic E-state index is 9.46. The Balaban J connectivity index is 2.17. The van der Waals surface area contributed by atoms with E-state index in [0.29, 0.717) is 0 Å². The van der Waals surface area contributed by atoms with Gasteiger partial charge in [-0.05, 0) is 19.0 Å². The molecule has 0 radical (unpaired) electrons. The van der Waals surface area contributed by atoms with Crippen LogP contribution < -0.4 is 0 Å². The lowest BCUT2D eigenvalue weighted by molar-refractivity contribution is -0.116. The number of hydrogen-bond acceptors (Lipinski definition) is 3. The molecule has 1 fully saturated rings. The van der Waals surface area contributed by atoms with E-state index in [9.17, 15) is 5.21 Å². The summed E-state index contributed by atoms with van der Waals surface area (Å²) in [6, 6.07) is 0.286. The lowest BCUT2D eigenvalue weighted by Crippen LogP contribution is -2.37. The van der Waals surface area contributed by atoms with E-state index in [-0.39, 0.29) is 6.04 Å². The highest BCUT2D eigenvalue weighted by atomic mass is 16.5. The Morgan fingerprint density at radius 1 is 1.64 bits per heavy atom. The average molecular weight is 154 g/mol. The van der Waals surface area contributed by atoms with Crippen molar-refractivity contribution in [2.24, 2.45) is 0 Å². The van der Waals surface area contributed by atoms with Crippen molar-refractivity contribution in [2.45, 2.75) is 12.5 Å². The minimum absolute atomic E-state index is 0.286. The topological polar surface area (TPSA) is 26.7 Å². The minimum Gasteiger partial charge on any atom is -0.313 e. The van der Waals surface area contributed by atoms with Gasteiger partial charge in [-0.2, -0.15) is 5.06 Å². The third kappa shape index (κ3) is 1.20. The van der Waals surface area contributed by atoms with Gasteiger partial charge < -0.3 is 10.1 Å². The first-order valence-electron chi connectivity index (χ1n) is 4.10. The van der Waals surface area contributed by atoms with Crippen molar-refractivity contribution in [1.82, 2.24) is 9.96 Å². The van der Waals surface area contributed by atoms with Gasteiger partial charge in [0.2, 0.25) is 0 Å². The Kier molecular flexibility index (Phi) is 1.71. The third-order valence-electron chi connectivity index (χ3n) is 2.49. The summed E-state index contributed by atoms with van der Waals surface area (Å²) in [4.78, 5) is 2.24. The number of likely N-dealkylation sites (N-methyl/N-ethyl adjacent to an activating group) is 1. The molecule has 2 aliphatic heterocycles. The zero-order valence-electron chi connectivity index (χ0n) is 6.82. The van der Waals surface area contributed by atoms with E-state index in [1.807, 2.05) is 0 Å². The van der Waals surface area contributed by atoms with Gasteiger partial charge in [0, 0.05) is 19.6 Å². The Morgan fingerprint density at radius 2 is 2.45 bits per heavy atom. The van der Waals surface area contributed by atoms with Crippen LogP contribution in [0, 0.1) is 0 Å². The van der Waals surface area contributed by atoms with Crippen molar-refractivity contribution < 1.29 is 5.21 Å². The monoisotopic (exact) mass is 154 g/mol. The van der Waals surface area contributed by atoms with Gasteiger partial charge in [0.05, 0.1) is 6.04 Å². The lowest BCUT2D eigenvalue weighted by Gasteiger charge is -2.26. The Hall–Kier alpha value is -0.380. The maximum Gasteiger partial charge on any atom is 0.0699 e. The molecule has 2 heterocycles. The number of fused-ring (bicyclic) bond motifs is 1. The summed E-state index contributed by atoms with van der Waals surface area (Å²) >= 11 is 0. The molecule has 11 heavy (non-hydrogen) atoms. The molecule has 0 aliphatic carbocycles. The highest BCUT2D eigenvalue weighted by Crippen LogP contribution is 2.23. The van der Waals surface area contributed by atoms with E-state index in [0.717, 1.165) is 26.1 Å². The van der Waals surface area contributed by atoms with E-state index >= 15 is 0 Å². The van der Waals surface area contributed by atoms with Gasteiger partial charge in [-0.1, -0.05) is 6.08 Å². The highest BCUT2D eigenvalue weighted by molar-refractivity contribution is 5.20. The summed E-state index contributed by atoms with van der Waals surface area (Å²) in [5.41, 5.74) is 1.39. The molecule has 1 N–H and O–H groups in total. The molecule has 0 amide bonds. The van der Waals surface area contributed by atoms with Crippen LogP contribution in [0.4, 0.5) is 0 Å². The predicted octanol–water partition coefficient (Wildman–Crippen LogP) is 0.322. The highest BCUT2D eigenvalue weighted by Gasteiger charge is 2.31. The Bertz CT molecular complexity index is 191. The smallest absolute Gasteiger partial charge is 0.0699 e. The van der Waals surface area contributed by atoms with Crippen molar-refractivity contribution >= 4 is 0 Å². The summed E-state index contributed by atoms with van der Waals surface area (Å²) < 4.78 is 0. The molecule has 1 atom stereocenters. The molecule has 0 spiro atoms. The van der Waals surface area contributed by atoms with E-state index in [1.165, 1.54) is 10.6 Å². The van der Waals surface area contributed by atoms with E-state index in [2.05, 4.69) is 18.0 Å². The van der Waals surface area contributed by atoms with Crippen molar-refractivity contribution in [3.8, 4) is 0 Å². The van der Waals surface area contributed by atoms with Crippen LogP contribution in [0.1, 0.15) is 6.42 Å². The van der Waals surface area contributed by atoms with Gasteiger partial charge in [0.25, 0.3) is 0 Å². The molecule has 0 aromatic carbocycles. The number of nitrogens with zero attached hydrogens (tertiary/aromatic N) is 2. The van der Waals surface area contributed by atoms with Gasteiger partial charge in [0.1, 0.15) is 0 Å². The zero-order chi connectivity index (χ0) is 7.84. The van der Waals surface area contributed by atoms with Crippen LogP contribution >= 0.6 is 0 Å². The number of rotatable bonds is 0. The average Bonchev–Trinajstić information content (AvgIpc) is 2.31. The van der Waals surface area contributed by atoms with Crippen molar-refractivity contribution in [1.29, 1.82) is 0 Å². The van der Waals surface area contributed by atoms with Crippen LogP contribution in [0.5, 0.6) is 0 Å². The zero-order valence-corrected chi connectivity index (χ0v) is 6.82. The SMILES string of the molecule is CN1CC2=CCCN(O)C2C1. The molecule has 0 bridgehead atoms. The molecule has 62 valence electrons. The van der Waals surface area contributed by atoms with Gasteiger partial charge in [-0.25, -0.2) is 0 Å². The number of hydrogen-bond donors (Lipinski definition) is 1. The van der Waals surface area contributed by atoms with E-state index in [4.69, 9.17) is 0 Å². The van der Waals surface area contributed by atoms with Crippen LogP contribution in [0.25, 0.3) is 0 Å². The van der Waals surface area contributed by atoms with Gasteiger partial charge in [0.15, 0.2) is 0 Å². The van der Waals surface area contributed by atoms with Crippen molar-refractivity contribution in [3.05, 3.63) is 11.6 Å². The molecule has 2 aliphatic rings. The molecular weight excluding hydrogens is 140 g/mol. The second kappa shape index (κ2) is 2.59. The minimum atomic E-state index is 0.286. The third-order valence-corrected chi connectivity index (χ3v) is 2.49. The molecular formula is C8H14N2O. The van der Waals surface area contributed by atoms with E-state index < -0.39 is 0 Å². The fraction of sp³-hybridized carbons (Fsp3) is 0.750. The molecule has 1 unspecified atom stereocenters.